The second-order valence-corrected chi connectivity index (χ2v) is 5.20. The fourth-order valence-corrected chi connectivity index (χ4v) is 2.47. The molecule has 1 aromatic heterocycles. The molecule has 3 nitrogen and oxygen atoms in total. The number of hydrogen-bond donors (Lipinski definition) is 0. The average molecular weight is 333 g/mol. The Hall–Kier alpha value is -2.76. The van der Waals surface area contributed by atoms with Crippen LogP contribution in [-0.4, -0.2) is 19.2 Å². The van der Waals surface area contributed by atoms with Crippen LogP contribution in [0, 0.1) is 0 Å². The lowest BCUT2D eigenvalue weighted by atomic mass is 10.0. The topological polar surface area (TPSA) is 31.4 Å². The standard InChI is InChI=1S/C18H14F3NO2/c1-23-14-7-12-8-16(22-10-15(12)17(9-14)24-2)11-3-5-13(6-4-11)18(19,20)21/h3-10H,1-2H3. The second kappa shape index (κ2) is 6.03. The molecule has 2 aromatic carbocycles. The smallest absolute Gasteiger partial charge is 0.416 e. The fourth-order valence-electron chi connectivity index (χ4n) is 2.47. The van der Waals surface area contributed by atoms with Crippen LogP contribution in [0.25, 0.3) is 22.0 Å². The predicted octanol–water partition coefficient (Wildman–Crippen LogP) is 4.94. The van der Waals surface area contributed by atoms with Crippen molar-refractivity contribution in [2.24, 2.45) is 0 Å². The van der Waals surface area contributed by atoms with Crippen molar-refractivity contribution in [3.05, 3.63) is 54.2 Å². The lowest BCUT2D eigenvalue weighted by molar-refractivity contribution is -0.137. The number of ether oxygens (including phenoxy) is 2. The number of rotatable bonds is 3. The number of benzene rings is 2. The Bertz CT molecular complexity index is 874. The van der Waals surface area contributed by atoms with Gasteiger partial charge in [0.25, 0.3) is 0 Å². The zero-order chi connectivity index (χ0) is 17.3. The molecule has 0 aliphatic rings. The molecule has 24 heavy (non-hydrogen) atoms. The minimum absolute atomic E-state index is 0.575. The summed E-state index contributed by atoms with van der Waals surface area (Å²) in [5.41, 5.74) is 0.494. The Morgan fingerprint density at radius 2 is 1.62 bits per heavy atom. The van der Waals surface area contributed by atoms with Crippen molar-refractivity contribution in [3.63, 3.8) is 0 Å². The van der Waals surface area contributed by atoms with E-state index < -0.39 is 11.7 Å². The summed E-state index contributed by atoms with van der Waals surface area (Å²) < 4.78 is 48.5. The van der Waals surface area contributed by atoms with E-state index >= 15 is 0 Å². The Morgan fingerprint density at radius 3 is 2.21 bits per heavy atom. The predicted molar refractivity (Wildman–Crippen MR) is 85.3 cm³/mol. The van der Waals surface area contributed by atoms with E-state index in [2.05, 4.69) is 4.98 Å². The molecular formula is C18H14F3NO2. The van der Waals surface area contributed by atoms with E-state index in [9.17, 15) is 13.2 Å². The van der Waals surface area contributed by atoms with Gasteiger partial charge in [-0.25, -0.2) is 0 Å². The number of alkyl halides is 3. The lowest BCUT2D eigenvalue weighted by Crippen LogP contribution is -2.04. The van der Waals surface area contributed by atoms with Gasteiger partial charge in [0, 0.05) is 23.2 Å². The van der Waals surface area contributed by atoms with Crippen molar-refractivity contribution in [1.82, 2.24) is 4.98 Å². The molecule has 0 aliphatic heterocycles. The molecule has 6 heteroatoms. The molecule has 3 rings (SSSR count). The van der Waals surface area contributed by atoms with Crippen molar-refractivity contribution in [1.29, 1.82) is 0 Å². The zero-order valence-corrected chi connectivity index (χ0v) is 13.0. The maximum Gasteiger partial charge on any atom is 0.416 e. The lowest BCUT2D eigenvalue weighted by Gasteiger charge is -2.10. The maximum atomic E-state index is 12.7. The van der Waals surface area contributed by atoms with Gasteiger partial charge in [0.15, 0.2) is 0 Å². The number of fused-ring (bicyclic) bond motifs is 1. The van der Waals surface area contributed by atoms with Crippen LogP contribution in [0.4, 0.5) is 13.2 Å². The van der Waals surface area contributed by atoms with Crippen LogP contribution in [0.15, 0.2) is 48.7 Å². The molecule has 0 amide bonds. The van der Waals surface area contributed by atoms with Gasteiger partial charge in [-0.05, 0) is 29.7 Å². The zero-order valence-electron chi connectivity index (χ0n) is 13.0. The van der Waals surface area contributed by atoms with Gasteiger partial charge in [-0.2, -0.15) is 13.2 Å². The average Bonchev–Trinajstić information content (AvgIpc) is 2.59. The Labute approximate surface area is 136 Å². The normalized spacial score (nSPS) is 11.5. The van der Waals surface area contributed by atoms with Crippen LogP contribution in [0.5, 0.6) is 11.5 Å². The summed E-state index contributed by atoms with van der Waals surface area (Å²) in [5, 5.41) is 1.63. The van der Waals surface area contributed by atoms with Crippen LogP contribution < -0.4 is 9.47 Å². The van der Waals surface area contributed by atoms with Gasteiger partial charge in [0.1, 0.15) is 11.5 Å². The van der Waals surface area contributed by atoms with Crippen LogP contribution in [0.2, 0.25) is 0 Å². The minimum Gasteiger partial charge on any atom is -0.497 e. The molecule has 1 heterocycles. The summed E-state index contributed by atoms with van der Waals surface area (Å²) in [5.74, 6) is 1.25. The number of pyridine rings is 1. The van der Waals surface area contributed by atoms with E-state index in [0.29, 0.717) is 22.8 Å². The third-order valence-electron chi connectivity index (χ3n) is 3.74. The van der Waals surface area contributed by atoms with E-state index in [1.807, 2.05) is 6.07 Å². The molecule has 0 atom stereocenters. The highest BCUT2D eigenvalue weighted by atomic mass is 19.4. The van der Waals surface area contributed by atoms with Crippen LogP contribution in [-0.2, 0) is 6.18 Å². The summed E-state index contributed by atoms with van der Waals surface area (Å²) in [4.78, 5) is 4.33. The summed E-state index contributed by atoms with van der Waals surface area (Å²) in [6.07, 6.45) is -2.71. The van der Waals surface area contributed by atoms with Gasteiger partial charge >= 0.3 is 6.18 Å². The van der Waals surface area contributed by atoms with Crippen molar-refractivity contribution in [3.8, 4) is 22.8 Å². The molecule has 0 saturated carbocycles. The van der Waals surface area contributed by atoms with Crippen LogP contribution in [0.1, 0.15) is 5.56 Å². The van der Waals surface area contributed by atoms with Crippen molar-refractivity contribution in [2.45, 2.75) is 6.18 Å². The molecule has 124 valence electrons. The van der Waals surface area contributed by atoms with Gasteiger partial charge in [-0.3, -0.25) is 4.98 Å². The third kappa shape index (κ3) is 2.99. The first-order chi connectivity index (χ1) is 11.4. The Kier molecular flexibility index (Phi) is 4.05. The molecule has 3 aromatic rings. The summed E-state index contributed by atoms with van der Waals surface area (Å²) in [7, 11) is 3.11. The number of aromatic nitrogens is 1. The quantitative estimate of drug-likeness (QED) is 0.680. The summed E-state index contributed by atoms with van der Waals surface area (Å²) in [6.45, 7) is 0. The van der Waals surface area contributed by atoms with Crippen molar-refractivity contribution in [2.75, 3.05) is 14.2 Å². The number of methoxy groups -OCH3 is 2. The molecular weight excluding hydrogens is 319 g/mol. The second-order valence-electron chi connectivity index (χ2n) is 5.20. The highest BCUT2D eigenvalue weighted by Gasteiger charge is 2.30. The molecule has 0 N–H and O–H groups in total. The van der Waals surface area contributed by atoms with Gasteiger partial charge in [-0.1, -0.05) is 12.1 Å². The first-order valence-electron chi connectivity index (χ1n) is 7.12. The van der Waals surface area contributed by atoms with E-state index in [1.54, 1.807) is 32.5 Å². The first kappa shape index (κ1) is 16.1. The molecule has 0 radical (unpaired) electrons. The molecule has 0 unspecified atom stereocenters. The highest BCUT2D eigenvalue weighted by molar-refractivity contribution is 5.91. The minimum atomic E-state index is -4.35. The first-order valence-corrected chi connectivity index (χ1v) is 7.12. The Balaban J connectivity index is 2.07. The molecule has 0 aliphatic carbocycles. The molecule has 0 spiro atoms. The third-order valence-corrected chi connectivity index (χ3v) is 3.74. The number of nitrogens with zero attached hydrogens (tertiary/aromatic N) is 1. The fraction of sp³-hybridized carbons (Fsp3) is 0.167. The number of hydrogen-bond acceptors (Lipinski definition) is 3. The van der Waals surface area contributed by atoms with Gasteiger partial charge in [-0.15, -0.1) is 0 Å². The Morgan fingerprint density at radius 1 is 0.917 bits per heavy atom. The van der Waals surface area contributed by atoms with Crippen LogP contribution in [0.3, 0.4) is 0 Å². The maximum absolute atomic E-state index is 12.7. The number of halogens is 3. The molecule has 0 saturated heterocycles. The highest BCUT2D eigenvalue weighted by Crippen LogP contribution is 2.34. The van der Waals surface area contributed by atoms with Crippen molar-refractivity contribution < 1.29 is 22.6 Å². The summed E-state index contributed by atoms with van der Waals surface area (Å²) in [6, 6.07) is 10.3. The monoisotopic (exact) mass is 333 g/mol. The van der Waals surface area contributed by atoms with Gasteiger partial charge in [0.2, 0.25) is 0 Å². The largest absolute Gasteiger partial charge is 0.497 e. The SMILES string of the molecule is COc1cc(OC)c2cnc(-c3ccc(C(F)(F)F)cc3)cc2c1. The van der Waals surface area contributed by atoms with Crippen molar-refractivity contribution >= 4 is 10.8 Å². The van der Waals surface area contributed by atoms with E-state index in [0.717, 1.165) is 22.9 Å². The van der Waals surface area contributed by atoms with Gasteiger partial charge < -0.3 is 9.47 Å². The molecule has 0 fully saturated rings. The van der Waals surface area contributed by atoms with Crippen LogP contribution >= 0.6 is 0 Å². The van der Waals surface area contributed by atoms with E-state index in [4.69, 9.17) is 9.47 Å². The molecule has 0 bridgehead atoms. The summed E-state index contributed by atoms with van der Waals surface area (Å²) >= 11 is 0. The van der Waals surface area contributed by atoms with E-state index in [1.165, 1.54) is 12.1 Å². The van der Waals surface area contributed by atoms with E-state index in [-0.39, 0.29) is 0 Å². The van der Waals surface area contributed by atoms with Gasteiger partial charge in [0.05, 0.1) is 25.5 Å².